The fourth-order valence-electron chi connectivity index (χ4n) is 3.03. The molecule has 1 atom stereocenters. The van der Waals surface area contributed by atoms with E-state index in [4.69, 9.17) is 4.74 Å². The Morgan fingerprint density at radius 3 is 2.34 bits per heavy atom. The first kappa shape index (κ1) is 22.4. The first-order valence-electron chi connectivity index (χ1n) is 9.84. The quantitative estimate of drug-likeness (QED) is 0.696. The molecule has 0 unspecified atom stereocenters. The molecule has 0 aromatic heterocycles. The van der Waals surface area contributed by atoms with Crippen LogP contribution in [0.5, 0.6) is 5.75 Å². The van der Waals surface area contributed by atoms with E-state index in [9.17, 15) is 14.0 Å². The number of nitrogens with zero attached hydrogens (tertiary/aromatic N) is 1. The van der Waals surface area contributed by atoms with Gasteiger partial charge in [0.05, 0.1) is 0 Å². The van der Waals surface area contributed by atoms with Crippen molar-refractivity contribution in [2.75, 3.05) is 6.61 Å². The van der Waals surface area contributed by atoms with E-state index < -0.39 is 6.04 Å². The van der Waals surface area contributed by atoms with Gasteiger partial charge in [-0.2, -0.15) is 0 Å². The second-order valence-electron chi connectivity index (χ2n) is 7.29. The van der Waals surface area contributed by atoms with Gasteiger partial charge in [-0.05, 0) is 56.5 Å². The molecule has 0 spiro atoms. The van der Waals surface area contributed by atoms with Crippen LogP contribution in [-0.2, 0) is 16.1 Å². The molecule has 156 valence electrons. The molecule has 0 fully saturated rings. The van der Waals surface area contributed by atoms with Gasteiger partial charge in [0.1, 0.15) is 17.6 Å². The average molecular weight is 400 g/mol. The molecule has 0 aliphatic rings. The Bertz CT molecular complexity index is 821. The summed E-state index contributed by atoms with van der Waals surface area (Å²) < 4.78 is 19.0. The molecule has 2 aromatic rings. The molecule has 2 amide bonds. The lowest BCUT2D eigenvalue weighted by molar-refractivity contribution is -0.143. The van der Waals surface area contributed by atoms with Gasteiger partial charge < -0.3 is 15.0 Å². The van der Waals surface area contributed by atoms with Gasteiger partial charge in [-0.15, -0.1) is 0 Å². The van der Waals surface area contributed by atoms with Gasteiger partial charge in [-0.1, -0.05) is 37.3 Å². The molecular weight excluding hydrogens is 371 g/mol. The van der Waals surface area contributed by atoms with Gasteiger partial charge in [0, 0.05) is 12.6 Å². The molecule has 0 aliphatic carbocycles. The Morgan fingerprint density at radius 1 is 1.10 bits per heavy atom. The normalized spacial score (nSPS) is 11.8. The second kappa shape index (κ2) is 10.6. The predicted octanol–water partition coefficient (Wildman–Crippen LogP) is 3.84. The molecule has 0 saturated carbocycles. The summed E-state index contributed by atoms with van der Waals surface area (Å²) in [6.45, 7) is 7.52. The summed E-state index contributed by atoms with van der Waals surface area (Å²) in [4.78, 5) is 27.2. The van der Waals surface area contributed by atoms with E-state index in [1.165, 1.54) is 17.0 Å². The van der Waals surface area contributed by atoms with Crippen LogP contribution in [0, 0.1) is 12.7 Å². The highest BCUT2D eigenvalue weighted by Gasteiger charge is 2.29. The third-order valence-electron chi connectivity index (χ3n) is 4.53. The van der Waals surface area contributed by atoms with Crippen molar-refractivity contribution in [1.29, 1.82) is 0 Å². The molecule has 0 radical (unpaired) electrons. The van der Waals surface area contributed by atoms with Gasteiger partial charge in [0.25, 0.3) is 5.91 Å². The minimum atomic E-state index is -0.643. The number of amides is 2. The number of nitrogens with one attached hydrogen (secondary N) is 1. The number of aryl methyl sites for hydroxylation is 1. The zero-order valence-corrected chi connectivity index (χ0v) is 17.4. The van der Waals surface area contributed by atoms with Crippen molar-refractivity contribution < 1.29 is 18.7 Å². The van der Waals surface area contributed by atoms with E-state index in [0.29, 0.717) is 12.2 Å². The molecule has 29 heavy (non-hydrogen) atoms. The largest absolute Gasteiger partial charge is 0.484 e. The van der Waals surface area contributed by atoms with E-state index in [0.717, 1.165) is 11.1 Å². The molecule has 0 bridgehead atoms. The van der Waals surface area contributed by atoms with Crippen molar-refractivity contribution >= 4 is 11.8 Å². The van der Waals surface area contributed by atoms with Gasteiger partial charge in [0.15, 0.2) is 6.61 Å². The minimum absolute atomic E-state index is 0.0393. The van der Waals surface area contributed by atoms with Crippen molar-refractivity contribution in [3.05, 3.63) is 65.5 Å². The van der Waals surface area contributed by atoms with E-state index >= 15 is 0 Å². The van der Waals surface area contributed by atoms with Crippen LogP contribution in [0.1, 0.15) is 38.3 Å². The number of carbonyl (C=O) groups excluding carboxylic acids is 2. The predicted molar refractivity (Wildman–Crippen MR) is 111 cm³/mol. The number of para-hydroxylation sites is 1. The standard InChI is InChI=1S/C23H29FN2O3/c1-5-20(23(28)25-16(2)3)26(14-18-10-12-19(24)13-11-18)22(27)15-29-21-9-7-6-8-17(21)4/h6-13,16,20H,5,14-15H2,1-4H3,(H,25,28)/t20-/m0/s1. The number of ether oxygens (including phenoxy) is 1. The number of benzene rings is 2. The van der Waals surface area contributed by atoms with Crippen molar-refractivity contribution in [2.45, 2.75) is 52.7 Å². The lowest BCUT2D eigenvalue weighted by atomic mass is 10.1. The molecule has 0 heterocycles. The Morgan fingerprint density at radius 2 is 1.76 bits per heavy atom. The zero-order valence-electron chi connectivity index (χ0n) is 17.4. The molecule has 2 rings (SSSR count). The summed E-state index contributed by atoms with van der Waals surface area (Å²) in [5.41, 5.74) is 1.67. The first-order chi connectivity index (χ1) is 13.8. The van der Waals surface area contributed by atoms with Crippen LogP contribution < -0.4 is 10.1 Å². The summed E-state index contributed by atoms with van der Waals surface area (Å²) >= 11 is 0. The van der Waals surface area contributed by atoms with E-state index in [1.54, 1.807) is 18.2 Å². The van der Waals surface area contributed by atoms with Crippen molar-refractivity contribution in [3.63, 3.8) is 0 Å². The third kappa shape index (κ3) is 6.59. The zero-order chi connectivity index (χ0) is 21.4. The maximum absolute atomic E-state index is 13.3. The average Bonchev–Trinajstić information content (AvgIpc) is 2.68. The highest BCUT2D eigenvalue weighted by Crippen LogP contribution is 2.18. The van der Waals surface area contributed by atoms with Crippen LogP contribution in [0.25, 0.3) is 0 Å². The smallest absolute Gasteiger partial charge is 0.261 e. The number of rotatable bonds is 9. The van der Waals surface area contributed by atoms with Crippen LogP contribution in [0.2, 0.25) is 0 Å². The van der Waals surface area contributed by atoms with E-state index in [1.807, 2.05) is 45.9 Å². The van der Waals surface area contributed by atoms with Crippen LogP contribution in [0.4, 0.5) is 4.39 Å². The highest BCUT2D eigenvalue weighted by atomic mass is 19.1. The van der Waals surface area contributed by atoms with Gasteiger partial charge in [-0.25, -0.2) is 4.39 Å². The molecule has 0 aliphatic heterocycles. The summed E-state index contributed by atoms with van der Waals surface area (Å²) in [6, 6.07) is 12.7. The van der Waals surface area contributed by atoms with Gasteiger partial charge in [0.2, 0.25) is 5.91 Å². The van der Waals surface area contributed by atoms with Crippen LogP contribution in [0.15, 0.2) is 48.5 Å². The van der Waals surface area contributed by atoms with E-state index in [2.05, 4.69) is 5.32 Å². The SMILES string of the molecule is CC[C@@H](C(=O)NC(C)C)N(Cc1ccc(F)cc1)C(=O)COc1ccccc1C. The first-order valence-corrected chi connectivity index (χ1v) is 9.84. The summed E-state index contributed by atoms with van der Waals surface area (Å²) in [7, 11) is 0. The summed E-state index contributed by atoms with van der Waals surface area (Å²) in [5.74, 6) is -0.237. The summed E-state index contributed by atoms with van der Waals surface area (Å²) in [6.07, 6.45) is 0.454. The highest BCUT2D eigenvalue weighted by molar-refractivity contribution is 5.88. The topological polar surface area (TPSA) is 58.6 Å². The number of hydrogen-bond donors (Lipinski definition) is 1. The fourth-order valence-corrected chi connectivity index (χ4v) is 3.03. The Hall–Kier alpha value is -2.89. The number of hydrogen-bond acceptors (Lipinski definition) is 3. The molecule has 0 saturated heterocycles. The van der Waals surface area contributed by atoms with Crippen LogP contribution >= 0.6 is 0 Å². The lowest BCUT2D eigenvalue weighted by Crippen LogP contribution is -2.51. The maximum Gasteiger partial charge on any atom is 0.261 e. The second-order valence-corrected chi connectivity index (χ2v) is 7.29. The molecular formula is C23H29FN2O3. The number of carbonyl (C=O) groups is 2. The van der Waals surface area contributed by atoms with Gasteiger partial charge in [-0.3, -0.25) is 9.59 Å². The Kier molecular flexibility index (Phi) is 8.19. The fraction of sp³-hybridized carbons (Fsp3) is 0.391. The van der Waals surface area contributed by atoms with Crippen LogP contribution in [-0.4, -0.2) is 35.4 Å². The Balaban J connectivity index is 2.21. The van der Waals surface area contributed by atoms with Crippen molar-refractivity contribution in [1.82, 2.24) is 10.2 Å². The monoisotopic (exact) mass is 400 g/mol. The third-order valence-corrected chi connectivity index (χ3v) is 4.53. The minimum Gasteiger partial charge on any atom is -0.484 e. The summed E-state index contributed by atoms with van der Waals surface area (Å²) in [5, 5.41) is 2.87. The van der Waals surface area contributed by atoms with E-state index in [-0.39, 0.29) is 36.8 Å². The van der Waals surface area contributed by atoms with Crippen molar-refractivity contribution in [3.8, 4) is 5.75 Å². The maximum atomic E-state index is 13.3. The Labute approximate surface area is 171 Å². The molecule has 6 heteroatoms. The lowest BCUT2D eigenvalue weighted by Gasteiger charge is -2.31. The number of halogens is 1. The molecule has 1 N–H and O–H groups in total. The van der Waals surface area contributed by atoms with Crippen LogP contribution in [0.3, 0.4) is 0 Å². The molecule has 5 nitrogen and oxygen atoms in total. The molecule has 2 aromatic carbocycles. The van der Waals surface area contributed by atoms with Crippen molar-refractivity contribution in [2.24, 2.45) is 0 Å². The van der Waals surface area contributed by atoms with Gasteiger partial charge >= 0.3 is 0 Å².